The second kappa shape index (κ2) is 16.0. The molecule has 7 rings (SSSR count). The highest BCUT2D eigenvalue weighted by molar-refractivity contribution is 7.89. The summed E-state index contributed by atoms with van der Waals surface area (Å²) in [6.07, 6.45) is 2.25. The van der Waals surface area contributed by atoms with Crippen molar-refractivity contribution in [3.63, 3.8) is 0 Å². The maximum absolute atomic E-state index is 14.0. The van der Waals surface area contributed by atoms with Crippen LogP contribution in [-0.2, 0) is 30.8 Å². The topological polar surface area (TPSA) is 158 Å². The molecule has 0 radical (unpaired) electrons. The Labute approximate surface area is 306 Å². The molecule has 1 fully saturated rings. The van der Waals surface area contributed by atoms with Gasteiger partial charge in [-0.3, -0.25) is 14.5 Å². The third-order valence-corrected chi connectivity index (χ3v) is 11.5. The zero-order valence-corrected chi connectivity index (χ0v) is 30.0. The Morgan fingerprint density at radius 1 is 0.981 bits per heavy atom. The molecule has 4 heterocycles. The summed E-state index contributed by atoms with van der Waals surface area (Å²) in [4.78, 5) is 31.6. The Balaban J connectivity index is 1.05. The molecular weight excluding hydrogens is 706 g/mol. The summed E-state index contributed by atoms with van der Waals surface area (Å²) < 4.78 is 62.1. The van der Waals surface area contributed by atoms with E-state index in [1.807, 2.05) is 18.2 Å². The summed E-state index contributed by atoms with van der Waals surface area (Å²) >= 11 is 0. The highest BCUT2D eigenvalue weighted by Gasteiger charge is 2.34. The number of aliphatic hydroxyl groups is 1. The van der Waals surface area contributed by atoms with Crippen LogP contribution in [0.4, 0.5) is 0 Å². The number of methoxy groups -OCH3 is 1. The van der Waals surface area contributed by atoms with Gasteiger partial charge in [0.05, 0.1) is 36.9 Å². The lowest BCUT2D eigenvalue weighted by Gasteiger charge is -2.36. The molecule has 1 saturated heterocycles. The highest BCUT2D eigenvalue weighted by atomic mass is 32.2. The van der Waals surface area contributed by atoms with Gasteiger partial charge >= 0.3 is 0 Å². The van der Waals surface area contributed by atoms with Crippen LogP contribution in [0.5, 0.6) is 17.2 Å². The van der Waals surface area contributed by atoms with Gasteiger partial charge in [0.15, 0.2) is 22.7 Å². The first-order valence-corrected chi connectivity index (χ1v) is 18.8. The molecule has 3 aliphatic rings. The molecule has 2 atom stereocenters. The number of carbonyl (C=O) groups is 1. The van der Waals surface area contributed by atoms with E-state index in [1.165, 1.54) is 25.5 Å². The van der Waals surface area contributed by atoms with Crippen LogP contribution in [0.15, 0.2) is 98.9 Å². The fourth-order valence-corrected chi connectivity index (χ4v) is 8.10. The van der Waals surface area contributed by atoms with Crippen molar-refractivity contribution in [2.75, 3.05) is 66.4 Å². The number of aliphatic hydroxyl groups excluding tert-OH is 1. The van der Waals surface area contributed by atoms with Gasteiger partial charge in [0.25, 0.3) is 5.91 Å². The zero-order chi connectivity index (χ0) is 37.0. The lowest BCUT2D eigenvalue weighted by molar-refractivity contribution is -0.154. The summed E-state index contributed by atoms with van der Waals surface area (Å²) in [5.74, 6) is 1.09. The molecule has 1 N–H and O–H groups in total. The first-order chi connectivity index (χ1) is 25.7. The van der Waals surface area contributed by atoms with Crippen molar-refractivity contribution >= 4 is 26.9 Å². The van der Waals surface area contributed by atoms with Gasteiger partial charge in [-0.1, -0.05) is 18.2 Å². The van der Waals surface area contributed by atoms with Crippen LogP contribution in [0.1, 0.15) is 23.5 Å². The minimum absolute atomic E-state index is 0.0376. The molecule has 1 amide bonds. The van der Waals surface area contributed by atoms with Crippen molar-refractivity contribution in [2.24, 2.45) is 0 Å². The minimum atomic E-state index is -3.98. The Morgan fingerprint density at radius 3 is 2.53 bits per heavy atom. The maximum Gasteiger partial charge on any atom is 0.288 e. The van der Waals surface area contributed by atoms with Crippen LogP contribution in [0.2, 0.25) is 0 Å². The fraction of sp³-hybridized carbons (Fsp3) is 0.368. The number of carbonyl (C=O) groups excluding carboxylic acids is 1. The number of hydrogen-bond acceptors (Lipinski definition) is 12. The first-order valence-electron chi connectivity index (χ1n) is 17.4. The van der Waals surface area contributed by atoms with Gasteiger partial charge < -0.3 is 38.1 Å². The number of amides is 1. The Morgan fingerprint density at radius 2 is 1.75 bits per heavy atom. The SMILES string of the molecule is COc1ccc(S(=O)(=O)N(CCO)CCOC2CC(c3coc4ccccc4c3=O)C=C(C(=O)N3CCN(Cc4ccc5c(c4)OCO5)CC3)O2)cc1. The van der Waals surface area contributed by atoms with Crippen molar-refractivity contribution in [3.8, 4) is 17.2 Å². The van der Waals surface area contributed by atoms with E-state index in [9.17, 15) is 23.1 Å². The molecule has 3 aliphatic heterocycles. The summed E-state index contributed by atoms with van der Waals surface area (Å²) in [6, 6.07) is 18.8. The highest BCUT2D eigenvalue weighted by Crippen LogP contribution is 2.34. The van der Waals surface area contributed by atoms with Gasteiger partial charge in [-0.25, -0.2) is 8.42 Å². The molecule has 0 bridgehead atoms. The van der Waals surface area contributed by atoms with E-state index in [-0.39, 0.29) is 54.9 Å². The largest absolute Gasteiger partial charge is 0.497 e. The van der Waals surface area contributed by atoms with Crippen LogP contribution >= 0.6 is 0 Å². The molecule has 3 aromatic carbocycles. The molecule has 0 spiro atoms. The van der Waals surface area contributed by atoms with Gasteiger partial charge in [-0.05, 0) is 60.2 Å². The van der Waals surface area contributed by atoms with Crippen LogP contribution < -0.4 is 19.6 Å². The van der Waals surface area contributed by atoms with E-state index in [0.29, 0.717) is 55.0 Å². The monoisotopic (exact) mass is 747 g/mol. The normalized spacial score (nSPS) is 18.9. The van der Waals surface area contributed by atoms with E-state index in [2.05, 4.69) is 4.90 Å². The lowest BCUT2D eigenvalue weighted by Crippen LogP contribution is -2.49. The van der Waals surface area contributed by atoms with Crippen molar-refractivity contribution in [3.05, 3.63) is 106 Å². The first kappa shape index (κ1) is 36.4. The predicted octanol–water partition coefficient (Wildman–Crippen LogP) is 3.29. The Bertz CT molecular complexity index is 2130. The second-order valence-electron chi connectivity index (χ2n) is 12.9. The number of fused-ring (bicyclic) bond motifs is 2. The summed E-state index contributed by atoms with van der Waals surface area (Å²) in [5.41, 5.74) is 1.65. The third-order valence-electron chi connectivity index (χ3n) is 9.57. The van der Waals surface area contributed by atoms with Crippen molar-refractivity contribution in [1.29, 1.82) is 0 Å². The van der Waals surface area contributed by atoms with E-state index in [4.69, 9.17) is 28.1 Å². The average Bonchev–Trinajstić information content (AvgIpc) is 3.66. The maximum atomic E-state index is 14.0. The van der Waals surface area contributed by atoms with E-state index >= 15 is 0 Å². The second-order valence-corrected chi connectivity index (χ2v) is 14.8. The molecule has 1 aromatic heterocycles. The predicted molar refractivity (Wildman–Crippen MR) is 192 cm³/mol. The molecule has 4 aromatic rings. The Kier molecular flexibility index (Phi) is 11.0. The lowest BCUT2D eigenvalue weighted by atomic mass is 9.93. The number of ether oxygens (including phenoxy) is 5. The van der Waals surface area contributed by atoms with Crippen molar-refractivity contribution in [1.82, 2.24) is 14.1 Å². The van der Waals surface area contributed by atoms with Gasteiger partial charge in [0, 0.05) is 63.7 Å². The molecule has 53 heavy (non-hydrogen) atoms. The number of nitrogens with zero attached hydrogens (tertiary/aromatic N) is 3. The Hall–Kier alpha value is -4.93. The zero-order valence-electron chi connectivity index (χ0n) is 29.2. The van der Waals surface area contributed by atoms with Gasteiger partial charge in [-0.15, -0.1) is 0 Å². The molecule has 2 unspecified atom stereocenters. The number of hydrogen-bond donors (Lipinski definition) is 1. The standard InChI is InChI=1S/C38H41N3O11S/c1-47-28-7-9-29(10-8-28)53(45,46)41(16-18-42)17-19-48-36-22-27(31-24-49-32-5-3-2-4-30(32)37(31)43)21-35(52-36)38(44)40-14-12-39(13-15-40)23-26-6-11-33-34(20-26)51-25-50-33/h2-11,20-21,24,27,36,42H,12-19,22-23,25H2,1H3. The van der Waals surface area contributed by atoms with Crippen molar-refractivity contribution < 1.29 is 46.4 Å². The summed E-state index contributed by atoms with van der Waals surface area (Å²) in [6.45, 7) is 2.31. The molecule has 15 heteroatoms. The molecule has 0 aliphatic carbocycles. The number of rotatable bonds is 13. The molecule has 0 saturated carbocycles. The fourth-order valence-electron chi connectivity index (χ4n) is 6.69. The number of allylic oxidation sites excluding steroid dienone is 1. The van der Waals surface area contributed by atoms with E-state index in [1.54, 1.807) is 47.4 Å². The number of sulfonamides is 1. The molecular formula is C38H41N3O11S. The van der Waals surface area contributed by atoms with Crippen LogP contribution in [-0.4, -0.2) is 106 Å². The van der Waals surface area contributed by atoms with Crippen molar-refractivity contribution in [2.45, 2.75) is 30.1 Å². The van der Waals surface area contributed by atoms with Crippen LogP contribution in [0, 0.1) is 0 Å². The summed E-state index contributed by atoms with van der Waals surface area (Å²) in [7, 11) is -2.49. The van der Waals surface area contributed by atoms with Gasteiger partial charge in [-0.2, -0.15) is 4.31 Å². The molecule has 280 valence electrons. The third kappa shape index (κ3) is 8.04. The quantitative estimate of drug-likeness (QED) is 0.213. The summed E-state index contributed by atoms with van der Waals surface area (Å²) in [5, 5.41) is 10.1. The van der Waals surface area contributed by atoms with Crippen LogP contribution in [0.25, 0.3) is 11.0 Å². The number of piperazine rings is 1. The van der Waals surface area contributed by atoms with Gasteiger partial charge in [0.1, 0.15) is 11.3 Å². The average molecular weight is 748 g/mol. The number of benzene rings is 3. The number of para-hydroxylation sites is 1. The smallest absolute Gasteiger partial charge is 0.288 e. The molecule has 14 nitrogen and oxygen atoms in total. The van der Waals surface area contributed by atoms with E-state index < -0.39 is 28.8 Å². The minimum Gasteiger partial charge on any atom is -0.497 e. The van der Waals surface area contributed by atoms with Gasteiger partial charge in [0.2, 0.25) is 23.1 Å². The van der Waals surface area contributed by atoms with E-state index in [0.717, 1.165) is 21.4 Å². The van der Waals surface area contributed by atoms with Crippen LogP contribution in [0.3, 0.4) is 0 Å².